The number of halogens is 2. The number of carbonyl (C=O) groups excluding carboxylic acids is 2. The first kappa shape index (κ1) is 21.9. The maximum absolute atomic E-state index is 13.2. The first-order valence-electron chi connectivity index (χ1n) is 9.27. The van der Waals surface area contributed by atoms with Gasteiger partial charge in [-0.2, -0.15) is 0 Å². The molecule has 154 valence electrons. The van der Waals surface area contributed by atoms with Gasteiger partial charge in [0.2, 0.25) is 11.8 Å². The second-order valence-corrected chi connectivity index (χ2v) is 8.43. The van der Waals surface area contributed by atoms with Gasteiger partial charge in [0.1, 0.15) is 5.82 Å². The van der Waals surface area contributed by atoms with E-state index in [0.29, 0.717) is 17.8 Å². The third-order valence-electron chi connectivity index (χ3n) is 4.21. The van der Waals surface area contributed by atoms with Gasteiger partial charge in [-0.25, -0.2) is 4.39 Å². The van der Waals surface area contributed by atoms with E-state index in [-0.39, 0.29) is 22.1 Å². The minimum atomic E-state index is -0.534. The summed E-state index contributed by atoms with van der Waals surface area (Å²) in [6.07, 6.45) is 0.307. The monoisotopic (exact) mass is 442 g/mol. The van der Waals surface area contributed by atoms with Gasteiger partial charge in [0, 0.05) is 16.3 Å². The fourth-order valence-corrected chi connectivity index (χ4v) is 3.73. The highest BCUT2D eigenvalue weighted by Gasteiger charge is 2.15. The molecule has 0 fully saturated rings. The quantitative estimate of drug-likeness (QED) is 0.456. The molecule has 0 aliphatic heterocycles. The molecule has 0 spiro atoms. The molecule has 4 nitrogen and oxygen atoms in total. The van der Waals surface area contributed by atoms with Crippen LogP contribution >= 0.6 is 23.4 Å². The molecule has 0 aliphatic carbocycles. The summed E-state index contributed by atoms with van der Waals surface area (Å²) in [6.45, 7) is 1.78. The molecule has 30 heavy (non-hydrogen) atoms. The van der Waals surface area contributed by atoms with Gasteiger partial charge in [0.05, 0.1) is 16.7 Å². The van der Waals surface area contributed by atoms with E-state index in [1.54, 1.807) is 19.1 Å². The van der Waals surface area contributed by atoms with Crippen molar-refractivity contribution in [3.05, 3.63) is 89.2 Å². The minimum absolute atomic E-state index is 0.0435. The van der Waals surface area contributed by atoms with Gasteiger partial charge in [-0.05, 0) is 55.0 Å². The van der Waals surface area contributed by atoms with Crippen LogP contribution in [0.25, 0.3) is 0 Å². The van der Waals surface area contributed by atoms with E-state index in [1.807, 2.05) is 42.5 Å². The lowest BCUT2D eigenvalue weighted by molar-refractivity contribution is -0.116. The lowest BCUT2D eigenvalue weighted by Crippen LogP contribution is -2.22. The van der Waals surface area contributed by atoms with E-state index in [0.717, 1.165) is 10.5 Å². The molecular formula is C23H20ClFN2O2S. The first-order valence-corrected chi connectivity index (χ1v) is 10.5. The molecule has 3 aromatic carbocycles. The molecule has 2 N–H and O–H groups in total. The summed E-state index contributed by atoms with van der Waals surface area (Å²) in [7, 11) is 0. The van der Waals surface area contributed by atoms with Crippen molar-refractivity contribution in [1.82, 2.24) is 0 Å². The van der Waals surface area contributed by atoms with Crippen LogP contribution in [-0.2, 0) is 16.0 Å². The van der Waals surface area contributed by atoms with Crippen LogP contribution in [0.3, 0.4) is 0 Å². The Morgan fingerprint density at radius 2 is 1.63 bits per heavy atom. The van der Waals surface area contributed by atoms with Crippen molar-refractivity contribution in [2.45, 2.75) is 23.5 Å². The number of benzene rings is 3. The van der Waals surface area contributed by atoms with Crippen LogP contribution in [0.5, 0.6) is 0 Å². The Balaban J connectivity index is 1.52. The highest BCUT2D eigenvalue weighted by molar-refractivity contribution is 8.00. The Hall–Kier alpha value is -2.83. The molecule has 0 saturated heterocycles. The normalized spacial score (nSPS) is 11.6. The number of nitrogens with one attached hydrogen (secondary N) is 2. The number of hydrogen-bond donors (Lipinski definition) is 2. The highest BCUT2D eigenvalue weighted by Crippen LogP contribution is 2.26. The van der Waals surface area contributed by atoms with Crippen LogP contribution < -0.4 is 10.6 Å². The molecule has 0 bridgehead atoms. The lowest BCUT2D eigenvalue weighted by atomic mass is 10.1. The Morgan fingerprint density at radius 1 is 0.967 bits per heavy atom. The van der Waals surface area contributed by atoms with Gasteiger partial charge in [-0.3, -0.25) is 9.59 Å². The maximum Gasteiger partial charge on any atom is 0.237 e. The molecule has 0 radical (unpaired) electrons. The number of hydrogen-bond acceptors (Lipinski definition) is 3. The number of carbonyl (C=O) groups is 2. The number of anilines is 2. The zero-order valence-corrected chi connectivity index (χ0v) is 17.8. The predicted molar refractivity (Wildman–Crippen MR) is 121 cm³/mol. The Kier molecular flexibility index (Phi) is 7.49. The third-order valence-corrected chi connectivity index (χ3v) is 5.62. The van der Waals surface area contributed by atoms with Crippen molar-refractivity contribution in [2.24, 2.45) is 0 Å². The lowest BCUT2D eigenvalue weighted by Gasteiger charge is -2.13. The molecule has 2 amide bonds. The van der Waals surface area contributed by atoms with E-state index in [4.69, 9.17) is 11.6 Å². The molecule has 0 heterocycles. The van der Waals surface area contributed by atoms with E-state index in [2.05, 4.69) is 10.6 Å². The van der Waals surface area contributed by atoms with Crippen LogP contribution in [0.2, 0.25) is 5.02 Å². The van der Waals surface area contributed by atoms with E-state index >= 15 is 0 Å². The fraction of sp³-hybridized carbons (Fsp3) is 0.130. The zero-order valence-electron chi connectivity index (χ0n) is 16.2. The second kappa shape index (κ2) is 10.3. The van der Waals surface area contributed by atoms with Gasteiger partial charge < -0.3 is 10.6 Å². The Bertz CT molecular complexity index is 1030. The number of thioether (sulfide) groups is 1. The van der Waals surface area contributed by atoms with Crippen molar-refractivity contribution in [3.8, 4) is 0 Å². The molecule has 0 aromatic heterocycles. The molecule has 0 saturated carbocycles. The average molecular weight is 443 g/mol. The molecule has 7 heteroatoms. The summed E-state index contributed by atoms with van der Waals surface area (Å²) in [5.41, 5.74) is 2.08. The molecule has 1 unspecified atom stereocenters. The molecule has 3 rings (SSSR count). The van der Waals surface area contributed by atoms with Crippen molar-refractivity contribution < 1.29 is 14.0 Å². The molecule has 0 aliphatic rings. The predicted octanol–water partition coefficient (Wildman–Crippen LogP) is 5.78. The maximum atomic E-state index is 13.2. The van der Waals surface area contributed by atoms with Gasteiger partial charge in [0.15, 0.2) is 0 Å². The van der Waals surface area contributed by atoms with Gasteiger partial charge >= 0.3 is 0 Å². The van der Waals surface area contributed by atoms with Crippen LogP contribution in [0, 0.1) is 5.82 Å². The van der Waals surface area contributed by atoms with Gasteiger partial charge in [-0.15, -0.1) is 11.8 Å². The van der Waals surface area contributed by atoms with Gasteiger partial charge in [0.25, 0.3) is 0 Å². The summed E-state index contributed by atoms with van der Waals surface area (Å²) < 4.78 is 13.2. The minimum Gasteiger partial charge on any atom is -0.326 e. The summed E-state index contributed by atoms with van der Waals surface area (Å²) in [4.78, 5) is 25.4. The smallest absolute Gasteiger partial charge is 0.237 e. The van der Waals surface area contributed by atoms with Crippen LogP contribution in [0.4, 0.5) is 15.8 Å². The van der Waals surface area contributed by atoms with E-state index in [1.165, 1.54) is 30.0 Å². The topological polar surface area (TPSA) is 58.2 Å². The van der Waals surface area contributed by atoms with Crippen molar-refractivity contribution in [1.29, 1.82) is 0 Å². The SMILES string of the molecule is CC(Sc1ccc(NC(=O)Cc2ccccc2)cc1)C(=O)Nc1ccc(F)c(Cl)c1. The standard InChI is InChI=1S/C23H20ClFN2O2S/c1-15(23(29)27-18-9-12-21(25)20(24)14-18)30-19-10-7-17(8-11-19)26-22(28)13-16-5-3-2-4-6-16/h2-12,14-15H,13H2,1H3,(H,26,28)(H,27,29). The van der Waals surface area contributed by atoms with Crippen LogP contribution in [0.1, 0.15) is 12.5 Å². The van der Waals surface area contributed by atoms with Crippen molar-refractivity contribution >= 4 is 46.6 Å². The largest absolute Gasteiger partial charge is 0.326 e. The van der Waals surface area contributed by atoms with E-state index in [9.17, 15) is 14.0 Å². The fourth-order valence-electron chi connectivity index (χ4n) is 2.68. The highest BCUT2D eigenvalue weighted by atomic mass is 35.5. The molecule has 1 atom stereocenters. The summed E-state index contributed by atoms with van der Waals surface area (Å²) in [5, 5.41) is 5.16. The van der Waals surface area contributed by atoms with Crippen LogP contribution in [0.15, 0.2) is 77.7 Å². The van der Waals surface area contributed by atoms with Crippen molar-refractivity contribution in [2.75, 3.05) is 10.6 Å². The Morgan fingerprint density at radius 3 is 2.30 bits per heavy atom. The molecule has 3 aromatic rings. The van der Waals surface area contributed by atoms with Crippen LogP contribution in [-0.4, -0.2) is 17.1 Å². The third kappa shape index (κ3) is 6.34. The Labute approximate surface area is 183 Å². The molecular weight excluding hydrogens is 423 g/mol. The van der Waals surface area contributed by atoms with Gasteiger partial charge in [-0.1, -0.05) is 41.9 Å². The summed E-state index contributed by atoms with van der Waals surface area (Å²) in [5.74, 6) is -0.844. The van der Waals surface area contributed by atoms with Crippen molar-refractivity contribution in [3.63, 3.8) is 0 Å². The number of amides is 2. The zero-order chi connectivity index (χ0) is 21.5. The summed E-state index contributed by atoms with van der Waals surface area (Å²) >= 11 is 7.12. The first-order chi connectivity index (χ1) is 14.4. The second-order valence-electron chi connectivity index (χ2n) is 6.61. The van der Waals surface area contributed by atoms with E-state index < -0.39 is 5.82 Å². The number of rotatable bonds is 7. The summed E-state index contributed by atoms with van der Waals surface area (Å²) in [6, 6.07) is 20.9. The average Bonchev–Trinajstić information content (AvgIpc) is 2.73.